The number of nitrogens with zero attached hydrogens (tertiary/aromatic N) is 5. The molecule has 1 atom stereocenters. The molecule has 0 bridgehead atoms. The standard InChI is InChI=1S/C30H29ClF3N5O3/c1-37(2)27(40)24-9-8-21(17-25(24)31)23-16-22(18-35)26(36-19-23)38-12-14-39(15-13-38)28(41)29(42,30(32,33)34)11-10-20-6-4-3-5-7-20/h3-9,16-17,19,42H,10-15H2,1-2H3. The number of aromatic nitrogens is 1. The van der Waals surface area contributed by atoms with Gasteiger partial charge in [0.2, 0.25) is 5.60 Å². The summed E-state index contributed by atoms with van der Waals surface area (Å²) in [4.78, 5) is 33.9. The first-order chi connectivity index (χ1) is 19.9. The van der Waals surface area contributed by atoms with Gasteiger partial charge in [0.05, 0.1) is 16.1 Å². The lowest BCUT2D eigenvalue weighted by molar-refractivity contribution is -0.258. The first kappa shape index (κ1) is 30.8. The molecule has 8 nitrogen and oxygen atoms in total. The Labute approximate surface area is 246 Å². The van der Waals surface area contributed by atoms with Crippen LogP contribution in [0.3, 0.4) is 0 Å². The lowest BCUT2D eigenvalue weighted by Crippen LogP contribution is -2.61. The molecule has 1 aliphatic rings. The highest BCUT2D eigenvalue weighted by atomic mass is 35.5. The van der Waals surface area contributed by atoms with Gasteiger partial charge in [0.1, 0.15) is 11.9 Å². The molecule has 1 aromatic heterocycles. The van der Waals surface area contributed by atoms with Gasteiger partial charge >= 0.3 is 6.18 Å². The van der Waals surface area contributed by atoms with Gasteiger partial charge in [-0.3, -0.25) is 9.59 Å². The van der Waals surface area contributed by atoms with Crippen molar-refractivity contribution in [1.29, 1.82) is 5.26 Å². The van der Waals surface area contributed by atoms with Crippen LogP contribution in [0.25, 0.3) is 11.1 Å². The fourth-order valence-corrected chi connectivity index (χ4v) is 5.04. The van der Waals surface area contributed by atoms with Crippen molar-refractivity contribution in [2.24, 2.45) is 0 Å². The van der Waals surface area contributed by atoms with E-state index in [1.54, 1.807) is 79.8 Å². The molecule has 1 saturated heterocycles. The molecule has 220 valence electrons. The van der Waals surface area contributed by atoms with E-state index in [2.05, 4.69) is 11.1 Å². The van der Waals surface area contributed by atoms with Gasteiger partial charge in [-0.05, 0) is 42.2 Å². The molecule has 2 aromatic carbocycles. The number of hydrogen-bond acceptors (Lipinski definition) is 6. The lowest BCUT2D eigenvalue weighted by Gasteiger charge is -2.40. The normalized spacial score (nSPS) is 15.1. The largest absolute Gasteiger partial charge is 0.426 e. The van der Waals surface area contributed by atoms with Crippen molar-refractivity contribution in [2.75, 3.05) is 45.2 Å². The van der Waals surface area contributed by atoms with Crippen LogP contribution in [-0.2, 0) is 11.2 Å². The summed E-state index contributed by atoms with van der Waals surface area (Å²) >= 11 is 6.33. The van der Waals surface area contributed by atoms with E-state index in [1.807, 2.05) is 0 Å². The maximum absolute atomic E-state index is 14.0. The third-order valence-electron chi connectivity index (χ3n) is 7.23. The minimum absolute atomic E-state index is 0.0895. The number of halogens is 4. The molecular weight excluding hydrogens is 571 g/mol. The number of piperazine rings is 1. The number of amides is 2. The SMILES string of the molecule is CN(C)C(=O)c1ccc(-c2cnc(N3CCN(C(=O)C(O)(CCc4ccccc4)C(F)(F)F)CC3)c(C#N)c2)cc1Cl. The Bertz CT molecular complexity index is 1500. The number of anilines is 1. The molecule has 42 heavy (non-hydrogen) atoms. The number of carbonyl (C=O) groups excluding carboxylic acids is 2. The van der Waals surface area contributed by atoms with Crippen molar-refractivity contribution in [3.8, 4) is 17.2 Å². The number of aryl methyl sites for hydroxylation is 1. The van der Waals surface area contributed by atoms with Gasteiger partial charge in [-0.1, -0.05) is 48.0 Å². The first-order valence-electron chi connectivity index (χ1n) is 13.1. The lowest BCUT2D eigenvalue weighted by atomic mass is 9.92. The molecule has 1 N–H and O–H groups in total. The van der Waals surface area contributed by atoms with Crippen LogP contribution in [0.2, 0.25) is 5.02 Å². The zero-order valence-corrected chi connectivity index (χ0v) is 23.8. The van der Waals surface area contributed by atoms with Crippen LogP contribution in [0.15, 0.2) is 60.8 Å². The van der Waals surface area contributed by atoms with Crippen molar-refractivity contribution in [3.63, 3.8) is 0 Å². The van der Waals surface area contributed by atoms with E-state index in [0.717, 1.165) is 4.90 Å². The molecule has 0 aliphatic carbocycles. The van der Waals surface area contributed by atoms with Crippen LogP contribution < -0.4 is 4.90 Å². The van der Waals surface area contributed by atoms with Crippen molar-refractivity contribution in [1.82, 2.24) is 14.8 Å². The van der Waals surface area contributed by atoms with Crippen LogP contribution in [0, 0.1) is 11.3 Å². The second-order valence-corrected chi connectivity index (χ2v) is 10.6. The first-order valence-corrected chi connectivity index (χ1v) is 13.5. The molecule has 2 amide bonds. The molecular formula is C30H29ClF3N5O3. The minimum atomic E-state index is -5.15. The number of alkyl halides is 3. The van der Waals surface area contributed by atoms with E-state index in [4.69, 9.17) is 11.6 Å². The predicted octanol–water partition coefficient (Wildman–Crippen LogP) is 4.55. The third kappa shape index (κ3) is 6.35. The molecule has 4 rings (SSSR count). The molecule has 1 unspecified atom stereocenters. The Morgan fingerprint density at radius 3 is 2.29 bits per heavy atom. The topological polar surface area (TPSA) is 101 Å². The Kier molecular flexibility index (Phi) is 9.09. The Balaban J connectivity index is 1.47. The Hall–Kier alpha value is -4.14. The zero-order chi connectivity index (χ0) is 30.7. The molecule has 0 radical (unpaired) electrons. The summed E-state index contributed by atoms with van der Waals surface area (Å²) in [5, 5.41) is 20.7. The van der Waals surface area contributed by atoms with Gasteiger partial charge in [-0.15, -0.1) is 0 Å². The summed E-state index contributed by atoms with van der Waals surface area (Å²) in [6, 6.07) is 17.0. The number of hydrogen-bond donors (Lipinski definition) is 1. The van der Waals surface area contributed by atoms with Gasteiger partial charge in [-0.25, -0.2) is 4.98 Å². The van der Waals surface area contributed by atoms with Crippen molar-refractivity contribution >= 4 is 29.2 Å². The van der Waals surface area contributed by atoms with Gasteiger partial charge < -0.3 is 19.8 Å². The quantitative estimate of drug-likeness (QED) is 0.428. The van der Waals surface area contributed by atoms with Gasteiger partial charge in [0.15, 0.2) is 0 Å². The van der Waals surface area contributed by atoms with Crippen LogP contribution in [0.4, 0.5) is 19.0 Å². The van der Waals surface area contributed by atoms with E-state index in [1.165, 1.54) is 4.90 Å². The van der Waals surface area contributed by atoms with Gasteiger partial charge in [0, 0.05) is 52.0 Å². The molecule has 2 heterocycles. The number of pyridine rings is 1. The molecule has 12 heteroatoms. The molecule has 1 fully saturated rings. The summed E-state index contributed by atoms with van der Waals surface area (Å²) < 4.78 is 41.9. The molecule has 3 aromatic rings. The zero-order valence-electron chi connectivity index (χ0n) is 23.0. The summed E-state index contributed by atoms with van der Waals surface area (Å²) in [5.41, 5.74) is -1.15. The van der Waals surface area contributed by atoms with E-state index in [9.17, 15) is 33.1 Å². The number of rotatable bonds is 7. The smallest absolute Gasteiger partial charge is 0.373 e. The van der Waals surface area contributed by atoms with Crippen LogP contribution in [0.1, 0.15) is 27.9 Å². The second kappa shape index (κ2) is 12.4. The Morgan fingerprint density at radius 2 is 1.71 bits per heavy atom. The number of aliphatic hydroxyl groups is 1. The number of benzene rings is 2. The number of nitriles is 1. The second-order valence-electron chi connectivity index (χ2n) is 10.2. The maximum atomic E-state index is 14.0. The molecule has 0 spiro atoms. The Morgan fingerprint density at radius 1 is 1.05 bits per heavy atom. The van der Waals surface area contributed by atoms with Gasteiger partial charge in [-0.2, -0.15) is 18.4 Å². The monoisotopic (exact) mass is 599 g/mol. The fourth-order valence-electron chi connectivity index (χ4n) is 4.78. The van der Waals surface area contributed by atoms with E-state index >= 15 is 0 Å². The average Bonchev–Trinajstić information content (AvgIpc) is 2.98. The molecule has 1 aliphatic heterocycles. The highest BCUT2D eigenvalue weighted by molar-refractivity contribution is 6.34. The minimum Gasteiger partial charge on any atom is -0.373 e. The summed E-state index contributed by atoms with van der Waals surface area (Å²) in [6.45, 7) is 0.0563. The van der Waals surface area contributed by atoms with Crippen molar-refractivity contribution in [3.05, 3.63) is 82.5 Å². The summed E-state index contributed by atoms with van der Waals surface area (Å²) in [5.74, 6) is -1.31. The maximum Gasteiger partial charge on any atom is 0.426 e. The van der Waals surface area contributed by atoms with Crippen LogP contribution in [-0.4, -0.2) is 83.8 Å². The third-order valence-corrected chi connectivity index (χ3v) is 7.55. The van der Waals surface area contributed by atoms with E-state index in [0.29, 0.717) is 28.1 Å². The highest BCUT2D eigenvalue weighted by Gasteiger charge is 2.60. The average molecular weight is 600 g/mol. The van der Waals surface area contributed by atoms with Gasteiger partial charge in [0.25, 0.3) is 11.8 Å². The predicted molar refractivity (Wildman–Crippen MR) is 152 cm³/mol. The summed E-state index contributed by atoms with van der Waals surface area (Å²) in [7, 11) is 3.24. The molecule has 0 saturated carbocycles. The van der Waals surface area contributed by atoms with Crippen LogP contribution >= 0.6 is 11.6 Å². The van der Waals surface area contributed by atoms with Crippen molar-refractivity contribution in [2.45, 2.75) is 24.6 Å². The summed E-state index contributed by atoms with van der Waals surface area (Å²) in [6.07, 6.45) is -4.53. The van der Waals surface area contributed by atoms with Crippen LogP contribution in [0.5, 0.6) is 0 Å². The van der Waals surface area contributed by atoms with E-state index < -0.39 is 24.1 Å². The number of carbonyl (C=O) groups is 2. The highest BCUT2D eigenvalue weighted by Crippen LogP contribution is 2.36. The van der Waals surface area contributed by atoms with Crippen molar-refractivity contribution < 1.29 is 27.9 Å². The van der Waals surface area contributed by atoms with E-state index in [-0.39, 0.29) is 49.1 Å². The fraction of sp³-hybridized carbons (Fsp3) is 0.333.